The summed E-state index contributed by atoms with van der Waals surface area (Å²) in [6, 6.07) is 9.82. The van der Waals surface area contributed by atoms with Gasteiger partial charge in [0.15, 0.2) is 0 Å². The molecule has 1 aromatic rings. The molecular formula is C21H27NO4S. The van der Waals surface area contributed by atoms with Crippen LogP contribution in [0.15, 0.2) is 54.0 Å². The van der Waals surface area contributed by atoms with Crippen molar-refractivity contribution in [3.8, 4) is 0 Å². The Kier molecular flexibility index (Phi) is 9.15. The van der Waals surface area contributed by atoms with Gasteiger partial charge in [0.05, 0.1) is 18.6 Å². The van der Waals surface area contributed by atoms with Crippen molar-refractivity contribution in [2.75, 3.05) is 12.3 Å². The number of likely N-dealkylation sites (tertiary alicyclic amines) is 1. The van der Waals surface area contributed by atoms with Crippen LogP contribution in [0.2, 0.25) is 0 Å². The quantitative estimate of drug-likeness (QED) is 0.474. The number of amides is 1. The Balaban J connectivity index is 1.85. The molecule has 1 aliphatic rings. The molecule has 0 spiro atoms. The summed E-state index contributed by atoms with van der Waals surface area (Å²) in [5.41, 5.74) is 1.08. The predicted molar refractivity (Wildman–Crippen MR) is 108 cm³/mol. The number of nitrogens with zero attached hydrogens (tertiary/aromatic N) is 1. The molecule has 5 nitrogen and oxygen atoms in total. The molecule has 0 aromatic heterocycles. The van der Waals surface area contributed by atoms with E-state index < -0.39 is 12.1 Å². The minimum Gasteiger partial charge on any atom is -0.481 e. The van der Waals surface area contributed by atoms with Gasteiger partial charge in [-0.3, -0.25) is 9.59 Å². The molecule has 0 saturated carbocycles. The minimum atomic E-state index is -0.804. The van der Waals surface area contributed by atoms with Crippen molar-refractivity contribution in [3.63, 3.8) is 0 Å². The van der Waals surface area contributed by atoms with Gasteiger partial charge in [-0.2, -0.15) is 0 Å². The summed E-state index contributed by atoms with van der Waals surface area (Å²) in [6.45, 7) is 0.503. The third kappa shape index (κ3) is 8.01. The van der Waals surface area contributed by atoms with Gasteiger partial charge in [-0.05, 0) is 23.8 Å². The first-order valence-corrected chi connectivity index (χ1v) is 10.3. The van der Waals surface area contributed by atoms with E-state index in [1.54, 1.807) is 6.08 Å². The first-order valence-electron chi connectivity index (χ1n) is 9.24. The Labute approximate surface area is 164 Å². The molecule has 0 bridgehead atoms. The minimum absolute atomic E-state index is 0.00894. The number of benzene rings is 1. The van der Waals surface area contributed by atoms with E-state index in [2.05, 4.69) is 0 Å². The maximum absolute atomic E-state index is 12.3. The van der Waals surface area contributed by atoms with Gasteiger partial charge in [-0.1, -0.05) is 48.6 Å². The van der Waals surface area contributed by atoms with Crippen LogP contribution in [-0.4, -0.2) is 51.4 Å². The number of aliphatic hydroxyl groups is 1. The van der Waals surface area contributed by atoms with E-state index in [-0.39, 0.29) is 18.4 Å². The smallest absolute Gasteiger partial charge is 0.304 e. The molecule has 2 N–H and O–H groups in total. The molecule has 27 heavy (non-hydrogen) atoms. The van der Waals surface area contributed by atoms with E-state index in [1.165, 1.54) is 11.8 Å². The summed E-state index contributed by atoms with van der Waals surface area (Å²) in [7, 11) is 0. The Hall–Kier alpha value is -2.05. The topological polar surface area (TPSA) is 77.8 Å². The molecule has 1 fully saturated rings. The van der Waals surface area contributed by atoms with Crippen LogP contribution in [0.4, 0.5) is 0 Å². The van der Waals surface area contributed by atoms with Crippen molar-refractivity contribution in [2.24, 2.45) is 0 Å². The highest BCUT2D eigenvalue weighted by Gasteiger charge is 2.25. The lowest BCUT2D eigenvalue weighted by molar-refractivity contribution is -0.136. The lowest BCUT2D eigenvalue weighted by atomic mass is 9.99. The van der Waals surface area contributed by atoms with Crippen LogP contribution in [0.25, 0.3) is 0 Å². The summed E-state index contributed by atoms with van der Waals surface area (Å²) >= 11 is 1.43. The van der Waals surface area contributed by atoms with E-state index in [9.17, 15) is 14.7 Å². The fraction of sp³-hybridized carbons (Fsp3) is 0.429. The zero-order valence-corrected chi connectivity index (χ0v) is 16.2. The summed E-state index contributed by atoms with van der Waals surface area (Å²) in [6.07, 6.45) is 8.03. The van der Waals surface area contributed by atoms with E-state index in [0.29, 0.717) is 25.1 Å². The van der Waals surface area contributed by atoms with Crippen molar-refractivity contribution >= 4 is 23.6 Å². The molecule has 0 aliphatic carbocycles. The fourth-order valence-electron chi connectivity index (χ4n) is 3.00. The third-order valence-corrected chi connectivity index (χ3v) is 5.21. The normalized spacial score (nSPS) is 19.1. The maximum atomic E-state index is 12.3. The van der Waals surface area contributed by atoms with Crippen LogP contribution in [-0.2, 0) is 16.0 Å². The van der Waals surface area contributed by atoms with Crippen molar-refractivity contribution in [2.45, 2.75) is 44.2 Å². The van der Waals surface area contributed by atoms with Crippen LogP contribution in [0.3, 0.4) is 0 Å². The molecule has 2 rings (SSSR count). The van der Waals surface area contributed by atoms with Gasteiger partial charge < -0.3 is 15.1 Å². The SMILES string of the molecule is O=C(O)CCSC=CCN1C(=O)CCC[C@@H]1C=CC(O)Cc1ccccc1. The van der Waals surface area contributed by atoms with E-state index in [4.69, 9.17) is 5.11 Å². The summed E-state index contributed by atoms with van der Waals surface area (Å²) in [5.74, 6) is -0.163. The first kappa shape index (κ1) is 21.3. The van der Waals surface area contributed by atoms with Gasteiger partial charge >= 0.3 is 5.97 Å². The number of carboxylic acid groups (broad SMARTS) is 1. The van der Waals surface area contributed by atoms with Crippen LogP contribution in [0, 0.1) is 0 Å². The second kappa shape index (κ2) is 11.6. The second-order valence-electron chi connectivity index (χ2n) is 6.53. The Morgan fingerprint density at radius 3 is 2.85 bits per heavy atom. The average Bonchev–Trinajstić information content (AvgIpc) is 2.65. The number of hydrogen-bond acceptors (Lipinski definition) is 4. The van der Waals surface area contributed by atoms with E-state index in [1.807, 2.05) is 52.8 Å². The molecule has 1 aliphatic heterocycles. The molecule has 1 unspecified atom stereocenters. The number of carbonyl (C=O) groups excluding carboxylic acids is 1. The van der Waals surface area contributed by atoms with Crippen LogP contribution >= 0.6 is 11.8 Å². The summed E-state index contributed by atoms with van der Waals surface area (Å²) in [5, 5.41) is 20.7. The molecular weight excluding hydrogens is 362 g/mol. The molecule has 1 heterocycles. The molecule has 1 amide bonds. The number of aliphatic hydroxyl groups excluding tert-OH is 1. The predicted octanol–water partition coefficient (Wildman–Crippen LogP) is 3.25. The zero-order chi connectivity index (χ0) is 19.5. The highest BCUT2D eigenvalue weighted by atomic mass is 32.2. The van der Waals surface area contributed by atoms with Crippen molar-refractivity contribution < 1.29 is 19.8 Å². The molecule has 1 saturated heterocycles. The van der Waals surface area contributed by atoms with Gasteiger partial charge in [0.25, 0.3) is 0 Å². The number of carbonyl (C=O) groups is 2. The molecule has 1 aromatic carbocycles. The average molecular weight is 390 g/mol. The van der Waals surface area contributed by atoms with Crippen LogP contribution in [0.5, 0.6) is 0 Å². The van der Waals surface area contributed by atoms with Gasteiger partial charge in [0.1, 0.15) is 0 Å². The fourth-order valence-corrected chi connectivity index (χ4v) is 3.65. The van der Waals surface area contributed by atoms with Crippen molar-refractivity contribution in [1.29, 1.82) is 0 Å². The zero-order valence-electron chi connectivity index (χ0n) is 15.4. The number of hydrogen-bond donors (Lipinski definition) is 2. The molecule has 0 radical (unpaired) electrons. The van der Waals surface area contributed by atoms with Crippen LogP contribution < -0.4 is 0 Å². The standard InChI is InChI=1S/C21H27NO4S/c23-19(16-17-6-2-1-3-7-17)11-10-18-8-4-9-20(24)22(18)13-5-14-27-15-12-21(25)26/h1-3,5-7,10-11,14,18-19,23H,4,8-9,12-13,15-16H2,(H,25,26)/t18-,19?/m1/s1. The van der Waals surface area contributed by atoms with E-state index >= 15 is 0 Å². The summed E-state index contributed by atoms with van der Waals surface area (Å²) < 4.78 is 0. The van der Waals surface area contributed by atoms with Gasteiger partial charge in [-0.25, -0.2) is 0 Å². The Morgan fingerprint density at radius 2 is 2.11 bits per heavy atom. The van der Waals surface area contributed by atoms with Gasteiger partial charge in [0, 0.05) is 25.1 Å². The van der Waals surface area contributed by atoms with Gasteiger partial charge in [0.2, 0.25) is 5.91 Å². The number of carboxylic acids is 1. The number of thioether (sulfide) groups is 1. The van der Waals surface area contributed by atoms with Crippen LogP contribution in [0.1, 0.15) is 31.2 Å². The number of piperidine rings is 1. The largest absolute Gasteiger partial charge is 0.481 e. The summed E-state index contributed by atoms with van der Waals surface area (Å²) in [4.78, 5) is 24.6. The van der Waals surface area contributed by atoms with Crippen molar-refractivity contribution in [1.82, 2.24) is 4.90 Å². The molecule has 2 atom stereocenters. The van der Waals surface area contributed by atoms with Gasteiger partial charge in [-0.15, -0.1) is 11.8 Å². The monoisotopic (exact) mass is 389 g/mol. The number of aliphatic carboxylic acids is 1. The number of rotatable bonds is 10. The lowest BCUT2D eigenvalue weighted by Crippen LogP contribution is -2.42. The lowest BCUT2D eigenvalue weighted by Gasteiger charge is -2.33. The molecule has 146 valence electrons. The third-order valence-electron chi connectivity index (χ3n) is 4.38. The van der Waals surface area contributed by atoms with E-state index in [0.717, 1.165) is 18.4 Å². The Bertz CT molecular complexity index is 659. The maximum Gasteiger partial charge on any atom is 0.304 e. The first-order chi connectivity index (χ1) is 13.1. The highest BCUT2D eigenvalue weighted by Crippen LogP contribution is 2.20. The molecule has 6 heteroatoms. The second-order valence-corrected chi connectivity index (χ2v) is 7.55. The van der Waals surface area contributed by atoms with Crippen molar-refractivity contribution in [3.05, 3.63) is 59.5 Å². The Morgan fingerprint density at radius 1 is 1.33 bits per heavy atom. The highest BCUT2D eigenvalue weighted by molar-refractivity contribution is 8.02.